The van der Waals surface area contributed by atoms with Gasteiger partial charge in [0.15, 0.2) is 0 Å². The molecule has 0 aliphatic heterocycles. The Kier molecular flexibility index (Phi) is 8.92. The van der Waals surface area contributed by atoms with Crippen molar-refractivity contribution in [3.05, 3.63) is 0 Å². The van der Waals surface area contributed by atoms with E-state index in [0.717, 1.165) is 6.54 Å². The molecule has 1 rings (SSSR count). The van der Waals surface area contributed by atoms with E-state index in [9.17, 15) is 0 Å². The quantitative estimate of drug-likeness (QED) is 0.626. The Morgan fingerprint density at radius 3 is 1.50 bits per heavy atom. The normalized spacial score (nSPS) is 16.2. The van der Waals surface area contributed by atoms with Gasteiger partial charge in [0.1, 0.15) is 0 Å². The van der Waals surface area contributed by atoms with Crippen molar-refractivity contribution in [2.24, 2.45) is 0 Å². The molecule has 0 aromatic rings. The van der Waals surface area contributed by atoms with E-state index < -0.39 is 0 Å². The number of hydrogen-bond donors (Lipinski definition) is 1. The number of rotatable bonds is 2. The highest BCUT2D eigenvalue weighted by atomic mass is 14.8. The van der Waals surface area contributed by atoms with Crippen molar-refractivity contribution in [3.63, 3.8) is 0 Å². The van der Waals surface area contributed by atoms with E-state index in [2.05, 4.69) is 12.2 Å². The summed E-state index contributed by atoms with van der Waals surface area (Å²) in [5.74, 6) is 0. The third kappa shape index (κ3) is 7.96. The molecule has 0 amide bonds. The highest BCUT2D eigenvalue weighted by molar-refractivity contribution is 4.51. The van der Waals surface area contributed by atoms with E-state index in [1.54, 1.807) is 0 Å². The lowest BCUT2D eigenvalue weighted by Crippen LogP contribution is -2.04. The molecule has 1 N–H and O–H groups in total. The standard InChI is InChI=1S/C5H10.C4H11N/c1-2-4-5-3-1;1-3-4-5-2/h1-5H2;5H,3-4H2,1-2H3. The molecule has 0 unspecified atom stereocenters. The van der Waals surface area contributed by atoms with Gasteiger partial charge in [-0.1, -0.05) is 39.0 Å². The van der Waals surface area contributed by atoms with Crippen molar-refractivity contribution < 1.29 is 0 Å². The van der Waals surface area contributed by atoms with Crippen molar-refractivity contribution in [2.75, 3.05) is 13.6 Å². The van der Waals surface area contributed by atoms with Crippen LogP contribution >= 0.6 is 0 Å². The van der Waals surface area contributed by atoms with E-state index in [1.807, 2.05) is 7.05 Å². The van der Waals surface area contributed by atoms with Crippen molar-refractivity contribution in [3.8, 4) is 0 Å². The van der Waals surface area contributed by atoms with Gasteiger partial charge in [0.2, 0.25) is 0 Å². The van der Waals surface area contributed by atoms with Gasteiger partial charge in [0.05, 0.1) is 0 Å². The molecule has 0 aromatic heterocycles. The zero-order valence-electron chi connectivity index (χ0n) is 7.45. The molecule has 1 aliphatic rings. The summed E-state index contributed by atoms with van der Waals surface area (Å²) in [6.07, 6.45) is 8.73. The summed E-state index contributed by atoms with van der Waals surface area (Å²) in [4.78, 5) is 0. The second-order valence-corrected chi connectivity index (χ2v) is 2.87. The Morgan fingerprint density at radius 2 is 1.40 bits per heavy atom. The molecular formula is C9H21N. The minimum atomic E-state index is 1.14. The molecule has 0 aromatic carbocycles. The van der Waals surface area contributed by atoms with Crippen molar-refractivity contribution in [1.29, 1.82) is 0 Å². The summed E-state index contributed by atoms with van der Waals surface area (Å²) in [5.41, 5.74) is 0. The lowest BCUT2D eigenvalue weighted by atomic mass is 10.4. The van der Waals surface area contributed by atoms with E-state index in [-0.39, 0.29) is 0 Å². The van der Waals surface area contributed by atoms with E-state index in [4.69, 9.17) is 0 Å². The molecule has 0 spiro atoms. The molecule has 1 nitrogen and oxygen atoms in total. The van der Waals surface area contributed by atoms with Crippen LogP contribution in [-0.2, 0) is 0 Å². The fourth-order valence-electron chi connectivity index (χ4n) is 1.13. The van der Waals surface area contributed by atoms with Crippen LogP contribution in [0.2, 0.25) is 0 Å². The minimum Gasteiger partial charge on any atom is -0.320 e. The minimum absolute atomic E-state index is 1.14. The average Bonchev–Trinajstić information content (AvgIpc) is 2.44. The van der Waals surface area contributed by atoms with Gasteiger partial charge in [0.25, 0.3) is 0 Å². The second-order valence-electron chi connectivity index (χ2n) is 2.87. The highest BCUT2D eigenvalue weighted by Crippen LogP contribution is 2.15. The Bertz CT molecular complexity index is 39.1. The fraction of sp³-hybridized carbons (Fsp3) is 1.00. The van der Waals surface area contributed by atoms with Gasteiger partial charge < -0.3 is 5.32 Å². The smallest absolute Gasteiger partial charge is 0.00546 e. The van der Waals surface area contributed by atoms with Crippen LogP contribution in [0, 0.1) is 0 Å². The van der Waals surface area contributed by atoms with E-state index in [1.165, 1.54) is 38.5 Å². The van der Waals surface area contributed by atoms with Crippen LogP contribution in [0.1, 0.15) is 45.4 Å². The summed E-state index contributed by atoms with van der Waals surface area (Å²) < 4.78 is 0. The highest BCUT2D eigenvalue weighted by Gasteiger charge is 1.95. The number of nitrogens with one attached hydrogen (secondary N) is 1. The van der Waals surface area contributed by atoms with Gasteiger partial charge in [0, 0.05) is 0 Å². The molecular weight excluding hydrogens is 122 g/mol. The molecule has 62 valence electrons. The summed E-state index contributed by atoms with van der Waals surface area (Å²) in [5, 5.41) is 3.02. The van der Waals surface area contributed by atoms with Crippen LogP contribution in [0.5, 0.6) is 0 Å². The first-order chi connectivity index (χ1) is 4.91. The zero-order chi connectivity index (χ0) is 7.66. The Hall–Kier alpha value is -0.0400. The van der Waals surface area contributed by atoms with E-state index in [0.29, 0.717) is 0 Å². The van der Waals surface area contributed by atoms with Crippen LogP contribution in [0.15, 0.2) is 0 Å². The molecule has 10 heavy (non-hydrogen) atoms. The molecule has 1 saturated carbocycles. The Morgan fingerprint density at radius 1 is 1.00 bits per heavy atom. The van der Waals surface area contributed by atoms with E-state index >= 15 is 0 Å². The first kappa shape index (κ1) is 9.96. The maximum atomic E-state index is 3.02. The molecule has 1 aliphatic carbocycles. The maximum Gasteiger partial charge on any atom is -0.00546 e. The van der Waals surface area contributed by atoms with Gasteiger partial charge in [-0.25, -0.2) is 0 Å². The zero-order valence-corrected chi connectivity index (χ0v) is 7.45. The predicted octanol–water partition coefficient (Wildman–Crippen LogP) is 2.57. The Balaban J connectivity index is 0.000000162. The Labute approximate surface area is 65.2 Å². The van der Waals surface area contributed by atoms with Crippen molar-refractivity contribution in [1.82, 2.24) is 5.32 Å². The molecule has 1 fully saturated rings. The maximum absolute atomic E-state index is 3.02. The summed E-state index contributed by atoms with van der Waals surface area (Å²) in [7, 11) is 1.96. The van der Waals surface area contributed by atoms with Gasteiger partial charge in [-0.15, -0.1) is 0 Å². The first-order valence-corrected chi connectivity index (χ1v) is 4.56. The first-order valence-electron chi connectivity index (χ1n) is 4.56. The summed E-state index contributed by atoms with van der Waals surface area (Å²) in [6.45, 7) is 3.29. The average molecular weight is 143 g/mol. The predicted molar refractivity (Wildman–Crippen MR) is 47.3 cm³/mol. The largest absolute Gasteiger partial charge is 0.320 e. The van der Waals surface area contributed by atoms with Crippen LogP contribution in [0.25, 0.3) is 0 Å². The van der Waals surface area contributed by atoms with Gasteiger partial charge in [-0.2, -0.15) is 0 Å². The topological polar surface area (TPSA) is 12.0 Å². The third-order valence-electron chi connectivity index (χ3n) is 1.75. The van der Waals surface area contributed by atoms with Gasteiger partial charge >= 0.3 is 0 Å². The molecule has 0 bridgehead atoms. The van der Waals surface area contributed by atoms with Crippen LogP contribution in [0.3, 0.4) is 0 Å². The van der Waals surface area contributed by atoms with Crippen LogP contribution < -0.4 is 5.32 Å². The lowest BCUT2D eigenvalue weighted by molar-refractivity contribution is 0.772. The third-order valence-corrected chi connectivity index (χ3v) is 1.75. The summed E-state index contributed by atoms with van der Waals surface area (Å²) in [6, 6.07) is 0. The fourth-order valence-corrected chi connectivity index (χ4v) is 1.13. The molecule has 0 saturated heterocycles. The van der Waals surface area contributed by atoms with Gasteiger partial charge in [-0.3, -0.25) is 0 Å². The van der Waals surface area contributed by atoms with Crippen LogP contribution in [-0.4, -0.2) is 13.6 Å². The molecule has 0 radical (unpaired) electrons. The van der Waals surface area contributed by atoms with Crippen molar-refractivity contribution >= 4 is 0 Å². The van der Waals surface area contributed by atoms with Crippen molar-refractivity contribution in [2.45, 2.75) is 45.4 Å². The monoisotopic (exact) mass is 143 g/mol. The molecule has 0 atom stereocenters. The molecule has 1 heteroatoms. The van der Waals surface area contributed by atoms with Crippen LogP contribution in [0.4, 0.5) is 0 Å². The number of hydrogen-bond acceptors (Lipinski definition) is 1. The lowest BCUT2D eigenvalue weighted by Gasteiger charge is -1.84. The second kappa shape index (κ2) is 8.96. The molecule has 0 heterocycles. The van der Waals surface area contributed by atoms with Gasteiger partial charge in [-0.05, 0) is 20.0 Å². The SMILES string of the molecule is C1CCCC1.CCCNC. The summed E-state index contributed by atoms with van der Waals surface area (Å²) >= 11 is 0.